The lowest BCUT2D eigenvalue weighted by Gasteiger charge is -2.17. The minimum absolute atomic E-state index is 0.118. The van der Waals surface area contributed by atoms with Crippen molar-refractivity contribution in [1.29, 1.82) is 0 Å². The van der Waals surface area contributed by atoms with Gasteiger partial charge >= 0.3 is 0 Å². The van der Waals surface area contributed by atoms with Crippen LogP contribution >= 0.6 is 11.6 Å². The summed E-state index contributed by atoms with van der Waals surface area (Å²) in [6.07, 6.45) is 0.422. The second-order valence-electron chi connectivity index (χ2n) is 7.01. The lowest BCUT2D eigenvalue weighted by Crippen LogP contribution is -2.35. The summed E-state index contributed by atoms with van der Waals surface area (Å²) in [5.41, 5.74) is 2.39. The molecule has 0 radical (unpaired) electrons. The molecular weight excluding hydrogens is 420 g/mol. The van der Waals surface area contributed by atoms with Crippen LogP contribution < -0.4 is 10.1 Å². The van der Waals surface area contributed by atoms with Crippen molar-refractivity contribution in [3.63, 3.8) is 0 Å². The van der Waals surface area contributed by atoms with Gasteiger partial charge in [0, 0.05) is 30.5 Å². The molecule has 8 nitrogen and oxygen atoms in total. The highest BCUT2D eigenvalue weighted by Crippen LogP contribution is 2.27. The van der Waals surface area contributed by atoms with E-state index in [2.05, 4.69) is 15.5 Å². The van der Waals surface area contributed by atoms with E-state index in [1.54, 1.807) is 25.2 Å². The summed E-state index contributed by atoms with van der Waals surface area (Å²) < 4.78 is 10.8. The number of likely N-dealkylation sites (N-methyl/N-ethyl adjacent to an activating group) is 1. The third kappa shape index (κ3) is 6.05. The Bertz CT molecular complexity index is 1070. The molecular formula is C22H23ClN4O4. The summed E-state index contributed by atoms with van der Waals surface area (Å²) in [4.78, 5) is 26.1. The minimum atomic E-state index is -0.365. The Balaban J connectivity index is 1.51. The van der Waals surface area contributed by atoms with Crippen molar-refractivity contribution in [2.45, 2.75) is 19.8 Å². The first-order chi connectivity index (χ1) is 14.9. The molecule has 0 fully saturated rings. The largest absolute Gasteiger partial charge is 0.495 e. The molecule has 3 rings (SSSR count). The molecule has 0 unspecified atom stereocenters. The maximum Gasteiger partial charge on any atom is 0.247 e. The summed E-state index contributed by atoms with van der Waals surface area (Å²) in [7, 11) is 3.05. The zero-order chi connectivity index (χ0) is 22.4. The lowest BCUT2D eigenvalue weighted by atomic mass is 10.1. The van der Waals surface area contributed by atoms with Crippen LogP contribution in [0.3, 0.4) is 0 Å². The number of nitrogens with one attached hydrogen (secondary N) is 1. The fraction of sp³-hybridized carbons (Fsp3) is 0.273. The Morgan fingerprint density at radius 1 is 1.16 bits per heavy atom. The SMILES string of the molecule is COc1ccc(Cl)cc1NC(=O)CN(C)C(=O)CCc1nnc(-c2ccc(C)cc2)o1. The van der Waals surface area contributed by atoms with Crippen molar-refractivity contribution < 1.29 is 18.7 Å². The summed E-state index contributed by atoms with van der Waals surface area (Å²) in [6, 6.07) is 12.6. The Morgan fingerprint density at radius 3 is 2.61 bits per heavy atom. The fourth-order valence-electron chi connectivity index (χ4n) is 2.84. The monoisotopic (exact) mass is 442 g/mol. The molecule has 0 saturated heterocycles. The topological polar surface area (TPSA) is 97.6 Å². The smallest absolute Gasteiger partial charge is 0.247 e. The van der Waals surface area contributed by atoms with E-state index in [0.29, 0.717) is 28.2 Å². The normalized spacial score (nSPS) is 10.6. The fourth-order valence-corrected chi connectivity index (χ4v) is 3.02. The average Bonchev–Trinajstić information content (AvgIpc) is 3.21. The van der Waals surface area contributed by atoms with Crippen LogP contribution in [-0.2, 0) is 16.0 Å². The van der Waals surface area contributed by atoms with E-state index in [4.69, 9.17) is 20.8 Å². The van der Waals surface area contributed by atoms with Crippen LogP contribution in [-0.4, -0.2) is 47.6 Å². The van der Waals surface area contributed by atoms with Crippen molar-refractivity contribution >= 4 is 29.1 Å². The molecule has 31 heavy (non-hydrogen) atoms. The number of carbonyl (C=O) groups excluding carboxylic acids is 2. The van der Waals surface area contributed by atoms with Gasteiger partial charge in [0.05, 0.1) is 19.3 Å². The number of anilines is 1. The van der Waals surface area contributed by atoms with Crippen molar-refractivity contribution in [1.82, 2.24) is 15.1 Å². The number of halogens is 1. The third-order valence-electron chi connectivity index (χ3n) is 4.56. The highest BCUT2D eigenvalue weighted by atomic mass is 35.5. The zero-order valence-electron chi connectivity index (χ0n) is 17.5. The molecule has 0 aliphatic rings. The Morgan fingerprint density at radius 2 is 1.90 bits per heavy atom. The van der Waals surface area contributed by atoms with Crippen LogP contribution in [0.4, 0.5) is 5.69 Å². The van der Waals surface area contributed by atoms with E-state index in [-0.39, 0.29) is 31.2 Å². The quantitative estimate of drug-likeness (QED) is 0.570. The third-order valence-corrected chi connectivity index (χ3v) is 4.80. The lowest BCUT2D eigenvalue weighted by molar-refractivity contribution is -0.133. The Hall–Kier alpha value is -3.39. The highest BCUT2D eigenvalue weighted by molar-refractivity contribution is 6.31. The number of ether oxygens (including phenoxy) is 1. The summed E-state index contributed by atoms with van der Waals surface area (Å²) in [6.45, 7) is 1.88. The number of methoxy groups -OCH3 is 1. The molecule has 0 bridgehead atoms. The average molecular weight is 443 g/mol. The van der Waals surface area contributed by atoms with E-state index >= 15 is 0 Å². The molecule has 0 saturated carbocycles. The van der Waals surface area contributed by atoms with Gasteiger partial charge in [-0.15, -0.1) is 10.2 Å². The molecule has 2 amide bonds. The number of hydrogen-bond donors (Lipinski definition) is 1. The molecule has 1 N–H and O–H groups in total. The first kappa shape index (κ1) is 22.3. The number of nitrogens with zero attached hydrogens (tertiary/aromatic N) is 3. The molecule has 1 heterocycles. The second kappa shape index (κ2) is 10.1. The number of hydrogen-bond acceptors (Lipinski definition) is 6. The number of rotatable bonds is 8. The number of benzene rings is 2. The number of aromatic nitrogens is 2. The van der Waals surface area contributed by atoms with Crippen LogP contribution in [0.1, 0.15) is 17.9 Å². The summed E-state index contributed by atoms with van der Waals surface area (Å²) in [5.74, 6) is 0.669. The molecule has 0 aliphatic heterocycles. The molecule has 0 spiro atoms. The van der Waals surface area contributed by atoms with Gasteiger partial charge in [-0.1, -0.05) is 29.3 Å². The maximum absolute atomic E-state index is 12.4. The van der Waals surface area contributed by atoms with Gasteiger partial charge in [0.25, 0.3) is 0 Å². The van der Waals surface area contributed by atoms with Gasteiger partial charge in [0.15, 0.2) is 0 Å². The van der Waals surface area contributed by atoms with Gasteiger partial charge in [-0.2, -0.15) is 0 Å². The minimum Gasteiger partial charge on any atom is -0.495 e. The summed E-state index contributed by atoms with van der Waals surface area (Å²) >= 11 is 5.97. The van der Waals surface area contributed by atoms with Crippen LogP contribution in [0.25, 0.3) is 11.5 Å². The number of amides is 2. The van der Waals surface area contributed by atoms with Gasteiger partial charge in [0.2, 0.25) is 23.6 Å². The zero-order valence-corrected chi connectivity index (χ0v) is 18.3. The predicted molar refractivity (Wildman–Crippen MR) is 117 cm³/mol. The van der Waals surface area contributed by atoms with E-state index in [1.807, 2.05) is 31.2 Å². The Kier molecular flexibility index (Phi) is 7.25. The van der Waals surface area contributed by atoms with Crippen molar-refractivity contribution in [2.75, 3.05) is 26.0 Å². The molecule has 0 atom stereocenters. The number of carbonyl (C=O) groups is 2. The van der Waals surface area contributed by atoms with Crippen LogP contribution in [0, 0.1) is 6.92 Å². The molecule has 9 heteroatoms. The van der Waals surface area contributed by atoms with E-state index in [9.17, 15) is 9.59 Å². The van der Waals surface area contributed by atoms with E-state index in [0.717, 1.165) is 11.1 Å². The van der Waals surface area contributed by atoms with E-state index < -0.39 is 0 Å². The van der Waals surface area contributed by atoms with Gasteiger partial charge in [-0.3, -0.25) is 9.59 Å². The highest BCUT2D eigenvalue weighted by Gasteiger charge is 2.16. The second-order valence-corrected chi connectivity index (χ2v) is 7.45. The van der Waals surface area contributed by atoms with Crippen LogP contribution in [0.5, 0.6) is 5.75 Å². The molecule has 1 aromatic heterocycles. The first-order valence-electron chi connectivity index (χ1n) is 9.62. The predicted octanol–water partition coefficient (Wildman–Crippen LogP) is 3.74. The first-order valence-corrected chi connectivity index (χ1v) is 10.0. The number of aryl methyl sites for hydroxylation is 2. The maximum atomic E-state index is 12.4. The summed E-state index contributed by atoms with van der Waals surface area (Å²) in [5, 5.41) is 11.2. The molecule has 3 aromatic rings. The van der Waals surface area contributed by atoms with Gasteiger partial charge in [0.1, 0.15) is 5.75 Å². The molecule has 162 valence electrons. The van der Waals surface area contributed by atoms with Crippen molar-refractivity contribution in [3.8, 4) is 17.2 Å². The van der Waals surface area contributed by atoms with E-state index in [1.165, 1.54) is 12.0 Å². The van der Waals surface area contributed by atoms with Crippen molar-refractivity contribution in [2.24, 2.45) is 0 Å². The Labute approximate surface area is 185 Å². The van der Waals surface area contributed by atoms with Gasteiger partial charge in [-0.25, -0.2) is 0 Å². The van der Waals surface area contributed by atoms with Crippen LogP contribution in [0.15, 0.2) is 46.9 Å². The van der Waals surface area contributed by atoms with Crippen molar-refractivity contribution in [3.05, 3.63) is 58.9 Å². The van der Waals surface area contributed by atoms with Gasteiger partial charge in [-0.05, 0) is 37.3 Å². The standard InChI is InChI=1S/C22H23ClN4O4/c1-14-4-6-15(7-5-14)22-26-25-20(31-22)10-11-21(29)27(2)13-19(28)24-17-12-16(23)8-9-18(17)30-3/h4-9,12H,10-11,13H2,1-3H3,(H,24,28). The van der Waals surface area contributed by atoms with Gasteiger partial charge < -0.3 is 19.4 Å². The van der Waals surface area contributed by atoms with Crippen LogP contribution in [0.2, 0.25) is 5.02 Å². The molecule has 2 aromatic carbocycles. The molecule has 0 aliphatic carbocycles.